The summed E-state index contributed by atoms with van der Waals surface area (Å²) in [4.78, 5) is 11.6. The Kier molecular flexibility index (Phi) is 4.34. The number of aryl methyl sites for hydroxylation is 1. The third-order valence-corrected chi connectivity index (χ3v) is 2.93. The smallest absolute Gasteiger partial charge is 0.250 e. The predicted octanol–water partition coefficient (Wildman–Crippen LogP) is 1.70. The lowest BCUT2D eigenvalue weighted by atomic mass is 10.2. The van der Waals surface area contributed by atoms with Gasteiger partial charge in [-0.05, 0) is 37.8 Å². The largest absolute Gasteiger partial charge is 0.353 e. The van der Waals surface area contributed by atoms with Gasteiger partial charge in [-0.2, -0.15) is 0 Å². The monoisotopic (exact) mass is 237 g/mol. The third kappa shape index (κ3) is 3.68. The topological polar surface area (TPSA) is 40.5 Å². The number of aromatic nitrogens is 1. The van der Waals surface area contributed by atoms with Crippen molar-refractivity contribution in [2.45, 2.75) is 39.0 Å². The van der Waals surface area contributed by atoms with E-state index < -0.39 is 0 Å². The molecule has 0 spiro atoms. The first-order valence-corrected chi connectivity index (χ1v) is 6.16. The summed E-state index contributed by atoms with van der Waals surface area (Å²) < 4.78 is 12.7. The molecule has 1 aliphatic rings. The number of hydrogen-bond acceptors (Lipinski definition) is 3. The van der Waals surface area contributed by atoms with Crippen molar-refractivity contribution in [2.24, 2.45) is 0 Å². The van der Waals surface area contributed by atoms with Crippen molar-refractivity contribution in [3.63, 3.8) is 0 Å². The number of ether oxygens (including phenoxy) is 2. The SMILES string of the molecule is Cc1ccn(CCO[C@@H]2CCCCO2)c(=O)c1. The molecule has 4 nitrogen and oxygen atoms in total. The zero-order valence-corrected chi connectivity index (χ0v) is 10.2. The van der Waals surface area contributed by atoms with Crippen molar-refractivity contribution in [2.75, 3.05) is 13.2 Å². The van der Waals surface area contributed by atoms with Crippen LogP contribution in [0.3, 0.4) is 0 Å². The third-order valence-electron chi connectivity index (χ3n) is 2.93. The second kappa shape index (κ2) is 5.98. The maximum absolute atomic E-state index is 11.6. The van der Waals surface area contributed by atoms with Crippen LogP contribution in [0, 0.1) is 6.92 Å². The summed E-state index contributed by atoms with van der Waals surface area (Å²) in [5.41, 5.74) is 1.01. The lowest BCUT2D eigenvalue weighted by Crippen LogP contribution is -2.26. The van der Waals surface area contributed by atoms with Gasteiger partial charge in [0, 0.05) is 25.4 Å². The number of pyridine rings is 1. The van der Waals surface area contributed by atoms with Crippen LogP contribution in [0.25, 0.3) is 0 Å². The highest BCUT2D eigenvalue weighted by Crippen LogP contribution is 2.13. The molecule has 17 heavy (non-hydrogen) atoms. The minimum atomic E-state index is -0.0788. The van der Waals surface area contributed by atoms with Gasteiger partial charge in [0.05, 0.1) is 6.61 Å². The summed E-state index contributed by atoms with van der Waals surface area (Å²) in [6.45, 7) is 3.81. The highest BCUT2D eigenvalue weighted by Gasteiger charge is 2.13. The molecular weight excluding hydrogens is 218 g/mol. The highest BCUT2D eigenvalue weighted by molar-refractivity contribution is 5.07. The van der Waals surface area contributed by atoms with Crippen LogP contribution in [0.2, 0.25) is 0 Å². The van der Waals surface area contributed by atoms with E-state index in [-0.39, 0.29) is 11.8 Å². The Labute approximate surface area is 101 Å². The molecule has 0 bridgehead atoms. The number of rotatable bonds is 4. The molecule has 0 radical (unpaired) electrons. The molecule has 4 heteroatoms. The average molecular weight is 237 g/mol. The predicted molar refractivity (Wildman–Crippen MR) is 65.0 cm³/mol. The van der Waals surface area contributed by atoms with Crippen LogP contribution < -0.4 is 5.56 Å². The molecule has 0 N–H and O–H groups in total. The normalized spacial score (nSPS) is 20.4. The molecule has 0 aliphatic carbocycles. The van der Waals surface area contributed by atoms with Crippen LogP contribution in [-0.4, -0.2) is 24.1 Å². The Morgan fingerprint density at radius 1 is 1.53 bits per heavy atom. The van der Waals surface area contributed by atoms with Gasteiger partial charge < -0.3 is 14.0 Å². The minimum absolute atomic E-state index is 0.0261. The Balaban J connectivity index is 1.79. The zero-order chi connectivity index (χ0) is 12.1. The van der Waals surface area contributed by atoms with Gasteiger partial charge in [-0.15, -0.1) is 0 Å². The van der Waals surface area contributed by atoms with E-state index in [2.05, 4.69) is 0 Å². The van der Waals surface area contributed by atoms with Gasteiger partial charge in [-0.1, -0.05) is 0 Å². The first-order valence-electron chi connectivity index (χ1n) is 6.16. The fraction of sp³-hybridized carbons (Fsp3) is 0.615. The van der Waals surface area contributed by atoms with Gasteiger partial charge in [-0.3, -0.25) is 4.79 Å². The van der Waals surface area contributed by atoms with Gasteiger partial charge in [-0.25, -0.2) is 0 Å². The van der Waals surface area contributed by atoms with E-state index in [1.165, 1.54) is 0 Å². The van der Waals surface area contributed by atoms with Gasteiger partial charge in [0.25, 0.3) is 5.56 Å². The average Bonchev–Trinajstić information content (AvgIpc) is 2.33. The lowest BCUT2D eigenvalue weighted by Gasteiger charge is -2.22. The Morgan fingerprint density at radius 2 is 2.41 bits per heavy atom. The molecule has 2 rings (SSSR count). The molecule has 1 aromatic heterocycles. The standard InChI is InChI=1S/C13H19NO3/c1-11-5-6-14(12(15)10-11)7-9-17-13-4-2-3-8-16-13/h5-6,10,13H,2-4,7-9H2,1H3/t13-/m1/s1. The van der Waals surface area contributed by atoms with E-state index in [0.29, 0.717) is 13.2 Å². The second-order valence-electron chi connectivity index (χ2n) is 4.40. The number of hydrogen-bond donors (Lipinski definition) is 0. The van der Waals surface area contributed by atoms with Gasteiger partial charge in [0.1, 0.15) is 0 Å². The van der Waals surface area contributed by atoms with Crippen LogP contribution in [0.15, 0.2) is 23.1 Å². The van der Waals surface area contributed by atoms with E-state index in [1.807, 2.05) is 19.2 Å². The van der Waals surface area contributed by atoms with E-state index in [0.717, 1.165) is 31.4 Å². The fourth-order valence-electron chi connectivity index (χ4n) is 1.92. The molecule has 1 aromatic rings. The molecule has 2 heterocycles. The Bertz CT molecular complexity index is 407. The van der Waals surface area contributed by atoms with Crippen LogP contribution >= 0.6 is 0 Å². The van der Waals surface area contributed by atoms with Crippen molar-refractivity contribution < 1.29 is 9.47 Å². The molecule has 1 atom stereocenters. The molecule has 1 aliphatic heterocycles. The minimum Gasteiger partial charge on any atom is -0.353 e. The van der Waals surface area contributed by atoms with E-state index in [9.17, 15) is 4.79 Å². The quantitative estimate of drug-likeness (QED) is 0.800. The van der Waals surface area contributed by atoms with E-state index in [1.54, 1.807) is 10.6 Å². The molecule has 0 unspecified atom stereocenters. The first kappa shape index (κ1) is 12.3. The van der Waals surface area contributed by atoms with Crippen LogP contribution in [0.4, 0.5) is 0 Å². The van der Waals surface area contributed by atoms with E-state index in [4.69, 9.17) is 9.47 Å². The maximum atomic E-state index is 11.6. The zero-order valence-electron chi connectivity index (χ0n) is 10.2. The van der Waals surface area contributed by atoms with Gasteiger partial charge in [0.15, 0.2) is 6.29 Å². The summed E-state index contributed by atoms with van der Waals surface area (Å²) in [5, 5.41) is 0. The maximum Gasteiger partial charge on any atom is 0.250 e. The van der Waals surface area contributed by atoms with Crippen molar-refractivity contribution in [3.05, 3.63) is 34.2 Å². The van der Waals surface area contributed by atoms with E-state index >= 15 is 0 Å². The molecular formula is C13H19NO3. The Morgan fingerprint density at radius 3 is 3.12 bits per heavy atom. The summed E-state index contributed by atoms with van der Waals surface area (Å²) in [7, 11) is 0. The summed E-state index contributed by atoms with van der Waals surface area (Å²) >= 11 is 0. The lowest BCUT2D eigenvalue weighted by molar-refractivity contribution is -0.163. The van der Waals surface area contributed by atoms with Crippen molar-refractivity contribution in [1.29, 1.82) is 0 Å². The van der Waals surface area contributed by atoms with Crippen LogP contribution in [-0.2, 0) is 16.0 Å². The molecule has 1 fully saturated rings. The summed E-state index contributed by atoms with van der Waals surface area (Å²) in [6.07, 6.45) is 4.97. The Hall–Kier alpha value is -1.13. The van der Waals surface area contributed by atoms with Crippen molar-refractivity contribution in [3.8, 4) is 0 Å². The molecule has 0 aromatic carbocycles. The highest BCUT2D eigenvalue weighted by atomic mass is 16.7. The molecule has 94 valence electrons. The van der Waals surface area contributed by atoms with Crippen molar-refractivity contribution >= 4 is 0 Å². The summed E-state index contributed by atoms with van der Waals surface area (Å²) in [6, 6.07) is 3.57. The first-order chi connectivity index (χ1) is 8.25. The molecule has 0 amide bonds. The number of nitrogens with zero attached hydrogens (tertiary/aromatic N) is 1. The fourth-order valence-corrected chi connectivity index (χ4v) is 1.92. The van der Waals surface area contributed by atoms with Crippen LogP contribution in [0.1, 0.15) is 24.8 Å². The summed E-state index contributed by atoms with van der Waals surface area (Å²) in [5.74, 6) is 0. The van der Waals surface area contributed by atoms with Gasteiger partial charge in [0.2, 0.25) is 0 Å². The van der Waals surface area contributed by atoms with Crippen molar-refractivity contribution in [1.82, 2.24) is 4.57 Å². The molecule has 0 saturated carbocycles. The second-order valence-corrected chi connectivity index (χ2v) is 4.40. The van der Waals surface area contributed by atoms with Crippen LogP contribution in [0.5, 0.6) is 0 Å². The molecule has 1 saturated heterocycles. The van der Waals surface area contributed by atoms with Gasteiger partial charge >= 0.3 is 0 Å².